The molecule has 7 heteroatoms. The number of rotatable bonds is 2. The van der Waals surface area contributed by atoms with Crippen molar-refractivity contribution in [1.82, 2.24) is 14.9 Å². The number of hydrogen-bond acceptors (Lipinski definition) is 4. The number of nitrogens with zero attached hydrogens (tertiary/aromatic N) is 5. The van der Waals surface area contributed by atoms with Crippen molar-refractivity contribution in [2.75, 3.05) is 0 Å². The molecule has 0 unspecified atom stereocenters. The fraction of sp³-hybridized carbons (Fsp3) is 0. The van der Waals surface area contributed by atoms with Crippen molar-refractivity contribution >= 4 is 6.21 Å². The van der Waals surface area contributed by atoms with Crippen LogP contribution in [0.4, 0.5) is 8.78 Å². The van der Waals surface area contributed by atoms with E-state index in [1.54, 1.807) is 6.07 Å². The van der Waals surface area contributed by atoms with Gasteiger partial charge >= 0.3 is 0 Å². The third-order valence-corrected chi connectivity index (χ3v) is 1.93. The second kappa shape index (κ2) is 4.49. The Morgan fingerprint density at radius 2 is 1.82 bits per heavy atom. The van der Waals surface area contributed by atoms with Crippen molar-refractivity contribution in [3.05, 3.63) is 47.5 Å². The Balaban J connectivity index is 2.37. The van der Waals surface area contributed by atoms with Gasteiger partial charge in [-0.1, -0.05) is 0 Å². The molecule has 5 nitrogen and oxygen atoms in total. The largest absolute Gasteiger partial charge is 0.208 e. The fourth-order valence-electron chi connectivity index (χ4n) is 1.15. The van der Waals surface area contributed by atoms with E-state index in [-0.39, 0.29) is 11.1 Å². The molecule has 0 aliphatic rings. The van der Waals surface area contributed by atoms with E-state index in [1.165, 1.54) is 17.3 Å². The summed E-state index contributed by atoms with van der Waals surface area (Å²) in [5.74, 6) is -1.70. The SMILES string of the molecule is N#Cc1cc(F)c(/C=N/n2cnnc2)c(F)c1. The van der Waals surface area contributed by atoms with E-state index in [9.17, 15) is 8.78 Å². The molecule has 0 amide bonds. The Bertz CT molecular complexity index is 575. The molecule has 1 aromatic heterocycles. The van der Waals surface area contributed by atoms with E-state index in [1.807, 2.05) is 0 Å². The van der Waals surface area contributed by atoms with E-state index in [2.05, 4.69) is 15.3 Å². The molecular weight excluding hydrogens is 228 g/mol. The van der Waals surface area contributed by atoms with Crippen LogP contribution in [0.3, 0.4) is 0 Å². The quantitative estimate of drug-likeness (QED) is 0.734. The number of benzene rings is 1. The number of nitriles is 1. The van der Waals surface area contributed by atoms with Crippen LogP contribution >= 0.6 is 0 Å². The normalized spacial score (nSPS) is 10.6. The van der Waals surface area contributed by atoms with Gasteiger partial charge in [0.2, 0.25) is 0 Å². The zero-order valence-corrected chi connectivity index (χ0v) is 8.38. The molecule has 0 saturated heterocycles. The first-order chi connectivity index (χ1) is 8.20. The van der Waals surface area contributed by atoms with Crippen LogP contribution in [-0.4, -0.2) is 21.1 Å². The van der Waals surface area contributed by atoms with Gasteiger partial charge in [-0.3, -0.25) is 0 Å². The van der Waals surface area contributed by atoms with Gasteiger partial charge in [0.25, 0.3) is 0 Å². The van der Waals surface area contributed by atoms with Crippen molar-refractivity contribution in [3.8, 4) is 6.07 Å². The topological polar surface area (TPSA) is 66.9 Å². The van der Waals surface area contributed by atoms with Crippen LogP contribution in [0.25, 0.3) is 0 Å². The number of aromatic nitrogens is 3. The predicted octanol–water partition coefficient (Wildman–Crippen LogP) is 1.31. The van der Waals surface area contributed by atoms with Gasteiger partial charge in [0.1, 0.15) is 24.3 Å². The van der Waals surface area contributed by atoms with Crippen LogP contribution in [0.5, 0.6) is 0 Å². The minimum absolute atomic E-state index is 0.0820. The van der Waals surface area contributed by atoms with Crippen molar-refractivity contribution in [1.29, 1.82) is 5.26 Å². The predicted molar refractivity (Wildman–Crippen MR) is 54.1 cm³/mol. The van der Waals surface area contributed by atoms with Crippen molar-refractivity contribution in [2.45, 2.75) is 0 Å². The molecule has 0 aliphatic carbocycles. The summed E-state index contributed by atoms with van der Waals surface area (Å²) in [6, 6.07) is 3.54. The second-order valence-electron chi connectivity index (χ2n) is 3.05. The maximum Gasteiger partial charge on any atom is 0.141 e. The molecule has 0 radical (unpaired) electrons. The molecule has 1 heterocycles. The minimum atomic E-state index is -0.849. The van der Waals surface area contributed by atoms with Crippen molar-refractivity contribution < 1.29 is 8.78 Å². The lowest BCUT2D eigenvalue weighted by atomic mass is 10.1. The Kier molecular flexibility index (Phi) is 2.87. The van der Waals surface area contributed by atoms with Gasteiger partial charge in [-0.2, -0.15) is 10.4 Å². The second-order valence-corrected chi connectivity index (χ2v) is 3.05. The molecule has 0 atom stereocenters. The summed E-state index contributed by atoms with van der Waals surface area (Å²) < 4.78 is 28.0. The molecule has 2 aromatic rings. The summed E-state index contributed by atoms with van der Waals surface area (Å²) in [5.41, 5.74) is -0.404. The van der Waals surface area contributed by atoms with Gasteiger partial charge in [0.05, 0.1) is 23.4 Å². The molecule has 1 aromatic carbocycles. The summed E-state index contributed by atoms with van der Waals surface area (Å²) in [4.78, 5) is 0. The number of hydrogen-bond donors (Lipinski definition) is 0. The highest BCUT2D eigenvalue weighted by atomic mass is 19.1. The van der Waals surface area contributed by atoms with Gasteiger partial charge in [-0.15, -0.1) is 10.2 Å². The average molecular weight is 233 g/mol. The highest BCUT2D eigenvalue weighted by Gasteiger charge is 2.09. The van der Waals surface area contributed by atoms with Crippen LogP contribution in [0.2, 0.25) is 0 Å². The van der Waals surface area contributed by atoms with E-state index in [0.29, 0.717) is 0 Å². The smallest absolute Gasteiger partial charge is 0.141 e. The van der Waals surface area contributed by atoms with Gasteiger partial charge in [-0.05, 0) is 12.1 Å². The third kappa shape index (κ3) is 2.31. The van der Waals surface area contributed by atoms with Crippen LogP contribution in [0, 0.1) is 23.0 Å². The van der Waals surface area contributed by atoms with Gasteiger partial charge < -0.3 is 0 Å². The van der Waals surface area contributed by atoms with Gasteiger partial charge in [0.15, 0.2) is 0 Å². The van der Waals surface area contributed by atoms with E-state index < -0.39 is 11.6 Å². The Morgan fingerprint density at radius 1 is 1.24 bits per heavy atom. The summed E-state index contributed by atoms with van der Waals surface area (Å²) in [5, 5.41) is 19.2. The minimum Gasteiger partial charge on any atom is -0.208 e. The standard InChI is InChI=1S/C10H5F2N5/c11-9-1-7(3-13)2-10(12)8(9)4-16-17-5-14-15-6-17/h1-2,4-6H/b16-4+. The maximum atomic E-state index is 13.4. The van der Waals surface area contributed by atoms with Gasteiger partial charge in [-0.25, -0.2) is 13.5 Å². The molecule has 0 fully saturated rings. The Morgan fingerprint density at radius 3 is 2.35 bits per heavy atom. The molecule has 0 bridgehead atoms. The molecule has 2 rings (SSSR count). The van der Waals surface area contributed by atoms with Crippen molar-refractivity contribution in [2.24, 2.45) is 5.10 Å². The average Bonchev–Trinajstić information content (AvgIpc) is 2.80. The molecular formula is C10H5F2N5. The zero-order valence-electron chi connectivity index (χ0n) is 8.38. The molecule has 0 spiro atoms. The van der Waals surface area contributed by atoms with E-state index in [0.717, 1.165) is 18.3 Å². The highest BCUT2D eigenvalue weighted by molar-refractivity contribution is 5.80. The molecule has 0 saturated carbocycles. The van der Waals surface area contributed by atoms with Gasteiger partial charge in [0, 0.05) is 0 Å². The van der Waals surface area contributed by atoms with Crippen molar-refractivity contribution in [3.63, 3.8) is 0 Å². The molecule has 0 N–H and O–H groups in total. The Labute approximate surface area is 94.6 Å². The summed E-state index contributed by atoms with van der Waals surface area (Å²) >= 11 is 0. The molecule has 0 aliphatic heterocycles. The van der Waals surface area contributed by atoms with Crippen LogP contribution in [-0.2, 0) is 0 Å². The molecule has 17 heavy (non-hydrogen) atoms. The molecule has 84 valence electrons. The van der Waals surface area contributed by atoms with Crippen LogP contribution in [0.1, 0.15) is 11.1 Å². The lowest BCUT2D eigenvalue weighted by Gasteiger charge is -1.99. The van der Waals surface area contributed by atoms with Crippen LogP contribution in [0.15, 0.2) is 29.9 Å². The van der Waals surface area contributed by atoms with Crippen LogP contribution < -0.4 is 0 Å². The lowest BCUT2D eigenvalue weighted by molar-refractivity contribution is 0.579. The number of halogens is 2. The third-order valence-electron chi connectivity index (χ3n) is 1.93. The fourth-order valence-corrected chi connectivity index (χ4v) is 1.15. The lowest BCUT2D eigenvalue weighted by Crippen LogP contribution is -1.97. The maximum absolute atomic E-state index is 13.4. The first kappa shape index (κ1) is 10.9. The summed E-state index contributed by atoms with van der Waals surface area (Å²) in [6.45, 7) is 0. The summed E-state index contributed by atoms with van der Waals surface area (Å²) in [7, 11) is 0. The first-order valence-corrected chi connectivity index (χ1v) is 4.49. The monoisotopic (exact) mass is 233 g/mol. The van der Waals surface area contributed by atoms with E-state index >= 15 is 0 Å². The highest BCUT2D eigenvalue weighted by Crippen LogP contribution is 2.13. The first-order valence-electron chi connectivity index (χ1n) is 4.49. The summed E-state index contributed by atoms with van der Waals surface area (Å²) in [6.07, 6.45) is 3.54. The Hall–Kier alpha value is -2.62. The van der Waals surface area contributed by atoms with E-state index in [4.69, 9.17) is 5.26 Å². The zero-order chi connectivity index (χ0) is 12.3.